The van der Waals surface area contributed by atoms with E-state index in [2.05, 4.69) is 9.97 Å². The number of aryl methyl sites for hydroxylation is 1. The van der Waals surface area contributed by atoms with Gasteiger partial charge in [-0.15, -0.1) is 0 Å². The highest BCUT2D eigenvalue weighted by Gasteiger charge is 2.17. The molecule has 0 saturated carbocycles. The van der Waals surface area contributed by atoms with Crippen molar-refractivity contribution in [1.82, 2.24) is 9.97 Å². The summed E-state index contributed by atoms with van der Waals surface area (Å²) >= 11 is 6.14. The summed E-state index contributed by atoms with van der Waals surface area (Å²) in [7, 11) is 0. The number of aromatic nitrogens is 2. The van der Waals surface area contributed by atoms with Crippen molar-refractivity contribution in [3.05, 3.63) is 40.0 Å². The quantitative estimate of drug-likeness (QED) is 0.869. The minimum absolute atomic E-state index is 0.496. The van der Waals surface area contributed by atoms with Crippen LogP contribution in [0, 0.1) is 6.92 Å². The monoisotopic (exact) mass is 275 g/mol. The first-order chi connectivity index (χ1) is 9.15. The Labute approximate surface area is 116 Å². The minimum atomic E-state index is 0.496. The molecular weight excluding hydrogens is 262 g/mol. The van der Waals surface area contributed by atoms with Crippen LogP contribution in [0.3, 0.4) is 0 Å². The van der Waals surface area contributed by atoms with E-state index in [0.29, 0.717) is 29.9 Å². The van der Waals surface area contributed by atoms with Crippen molar-refractivity contribution >= 4 is 17.4 Å². The molecule has 0 aliphatic carbocycles. The van der Waals surface area contributed by atoms with Gasteiger partial charge >= 0.3 is 0 Å². The van der Waals surface area contributed by atoms with Crippen LogP contribution in [0.2, 0.25) is 5.02 Å². The van der Waals surface area contributed by atoms with Gasteiger partial charge in [0.25, 0.3) is 0 Å². The van der Waals surface area contributed by atoms with E-state index in [9.17, 15) is 0 Å². The van der Waals surface area contributed by atoms with Gasteiger partial charge in [0, 0.05) is 22.6 Å². The second-order valence-corrected chi connectivity index (χ2v) is 5.03. The first-order valence-corrected chi connectivity index (χ1v) is 6.52. The number of nitrogens with zero attached hydrogens (tertiary/aromatic N) is 2. The van der Waals surface area contributed by atoms with Crippen molar-refractivity contribution < 1.29 is 4.74 Å². The van der Waals surface area contributed by atoms with Gasteiger partial charge in [-0.3, -0.25) is 0 Å². The standard InChI is InChI=1S/C14H14ClN3O/c1-8-2-3-9(6-11(8)15)14-17-12-4-5-19-7-10(12)13(16)18-14/h2-3,6H,4-5,7H2,1H3,(H2,16,17,18). The number of halogens is 1. The van der Waals surface area contributed by atoms with E-state index in [4.69, 9.17) is 22.1 Å². The summed E-state index contributed by atoms with van der Waals surface area (Å²) in [4.78, 5) is 8.94. The molecule has 2 aromatic rings. The number of benzene rings is 1. The summed E-state index contributed by atoms with van der Waals surface area (Å²) in [5.74, 6) is 1.12. The molecule has 0 bridgehead atoms. The fraction of sp³-hybridized carbons (Fsp3) is 0.286. The van der Waals surface area contributed by atoms with E-state index in [-0.39, 0.29) is 0 Å². The highest BCUT2D eigenvalue weighted by molar-refractivity contribution is 6.31. The van der Waals surface area contributed by atoms with Gasteiger partial charge in [0.2, 0.25) is 0 Å². The Kier molecular flexibility index (Phi) is 3.12. The molecule has 98 valence electrons. The molecule has 19 heavy (non-hydrogen) atoms. The van der Waals surface area contributed by atoms with Crippen LogP contribution < -0.4 is 5.73 Å². The van der Waals surface area contributed by atoms with Crippen molar-refractivity contribution in [3.8, 4) is 11.4 Å². The lowest BCUT2D eigenvalue weighted by Crippen LogP contribution is -2.16. The van der Waals surface area contributed by atoms with E-state index in [1.54, 1.807) is 0 Å². The molecular formula is C14H14ClN3O. The SMILES string of the molecule is Cc1ccc(-c2nc(N)c3c(n2)CCOC3)cc1Cl. The second-order valence-electron chi connectivity index (χ2n) is 4.62. The molecule has 0 spiro atoms. The van der Waals surface area contributed by atoms with Gasteiger partial charge in [-0.1, -0.05) is 23.7 Å². The number of nitrogens with two attached hydrogens (primary N) is 1. The molecule has 4 nitrogen and oxygen atoms in total. The summed E-state index contributed by atoms with van der Waals surface area (Å²) in [5, 5.41) is 0.709. The van der Waals surface area contributed by atoms with Gasteiger partial charge in [-0.05, 0) is 18.6 Å². The summed E-state index contributed by atoms with van der Waals surface area (Å²) in [6, 6.07) is 5.79. The van der Waals surface area contributed by atoms with Crippen molar-refractivity contribution in [1.29, 1.82) is 0 Å². The lowest BCUT2D eigenvalue weighted by Gasteiger charge is -2.17. The summed E-state index contributed by atoms with van der Waals surface area (Å²) in [6.45, 7) is 3.14. The third-order valence-corrected chi connectivity index (χ3v) is 3.69. The molecule has 2 N–H and O–H groups in total. The number of ether oxygens (including phenoxy) is 1. The zero-order valence-electron chi connectivity index (χ0n) is 10.6. The predicted molar refractivity (Wildman–Crippen MR) is 75.0 cm³/mol. The van der Waals surface area contributed by atoms with E-state index in [0.717, 1.165) is 28.8 Å². The van der Waals surface area contributed by atoms with E-state index < -0.39 is 0 Å². The average molecular weight is 276 g/mol. The molecule has 0 saturated heterocycles. The molecule has 0 radical (unpaired) electrons. The molecule has 0 atom stereocenters. The minimum Gasteiger partial charge on any atom is -0.383 e. The van der Waals surface area contributed by atoms with E-state index in [1.165, 1.54) is 0 Å². The first kappa shape index (κ1) is 12.4. The summed E-state index contributed by atoms with van der Waals surface area (Å²) in [5.41, 5.74) is 9.79. The Morgan fingerprint density at radius 1 is 1.32 bits per heavy atom. The van der Waals surface area contributed by atoms with Crippen molar-refractivity contribution in [2.75, 3.05) is 12.3 Å². The molecule has 5 heteroatoms. The molecule has 0 unspecified atom stereocenters. The largest absolute Gasteiger partial charge is 0.383 e. The van der Waals surface area contributed by atoms with Crippen LogP contribution >= 0.6 is 11.6 Å². The maximum Gasteiger partial charge on any atom is 0.161 e. The molecule has 1 aliphatic rings. The van der Waals surface area contributed by atoms with Crippen LogP contribution in [-0.2, 0) is 17.8 Å². The van der Waals surface area contributed by atoms with E-state index in [1.807, 2.05) is 25.1 Å². The maximum atomic E-state index is 6.14. The topological polar surface area (TPSA) is 61.0 Å². The predicted octanol–water partition coefficient (Wildman–Crippen LogP) is 2.76. The van der Waals surface area contributed by atoms with Gasteiger partial charge in [0.1, 0.15) is 5.82 Å². The molecule has 1 aromatic heterocycles. The Bertz CT molecular complexity index is 643. The number of nitrogen functional groups attached to an aromatic ring is 1. The third-order valence-electron chi connectivity index (χ3n) is 3.28. The highest BCUT2D eigenvalue weighted by atomic mass is 35.5. The van der Waals surface area contributed by atoms with Gasteiger partial charge in [-0.2, -0.15) is 0 Å². The summed E-state index contributed by atoms with van der Waals surface area (Å²) < 4.78 is 5.38. The third kappa shape index (κ3) is 2.29. The fourth-order valence-electron chi connectivity index (χ4n) is 2.12. The van der Waals surface area contributed by atoms with Crippen LogP contribution in [0.4, 0.5) is 5.82 Å². The number of rotatable bonds is 1. The smallest absolute Gasteiger partial charge is 0.161 e. The van der Waals surface area contributed by atoms with Crippen LogP contribution in [0.5, 0.6) is 0 Å². The van der Waals surface area contributed by atoms with Crippen molar-refractivity contribution in [3.63, 3.8) is 0 Å². The number of anilines is 1. The van der Waals surface area contributed by atoms with Crippen molar-refractivity contribution in [2.24, 2.45) is 0 Å². The van der Waals surface area contributed by atoms with Crippen LogP contribution in [-0.4, -0.2) is 16.6 Å². The Morgan fingerprint density at radius 2 is 2.16 bits per heavy atom. The average Bonchev–Trinajstić information content (AvgIpc) is 2.42. The molecule has 1 aliphatic heterocycles. The normalized spacial score (nSPS) is 14.2. The fourth-order valence-corrected chi connectivity index (χ4v) is 2.30. The van der Waals surface area contributed by atoms with Crippen LogP contribution in [0.25, 0.3) is 11.4 Å². The zero-order chi connectivity index (χ0) is 13.4. The second kappa shape index (κ2) is 4.79. The first-order valence-electron chi connectivity index (χ1n) is 6.14. The maximum absolute atomic E-state index is 6.14. The van der Waals surface area contributed by atoms with Crippen LogP contribution in [0.15, 0.2) is 18.2 Å². The van der Waals surface area contributed by atoms with Crippen molar-refractivity contribution in [2.45, 2.75) is 20.0 Å². The Balaban J connectivity index is 2.10. The van der Waals surface area contributed by atoms with Crippen LogP contribution in [0.1, 0.15) is 16.8 Å². The summed E-state index contributed by atoms with van der Waals surface area (Å²) in [6.07, 6.45) is 0.772. The number of fused-ring (bicyclic) bond motifs is 1. The molecule has 3 rings (SSSR count). The van der Waals surface area contributed by atoms with Gasteiger partial charge < -0.3 is 10.5 Å². The van der Waals surface area contributed by atoms with Gasteiger partial charge in [-0.25, -0.2) is 9.97 Å². The Hall–Kier alpha value is -1.65. The lowest BCUT2D eigenvalue weighted by atomic mass is 10.1. The van der Waals surface area contributed by atoms with E-state index >= 15 is 0 Å². The molecule has 0 amide bonds. The number of hydrogen-bond acceptors (Lipinski definition) is 4. The van der Waals surface area contributed by atoms with Gasteiger partial charge in [0.15, 0.2) is 5.82 Å². The lowest BCUT2D eigenvalue weighted by molar-refractivity contribution is 0.109. The van der Waals surface area contributed by atoms with Gasteiger partial charge in [0.05, 0.1) is 18.9 Å². The number of hydrogen-bond donors (Lipinski definition) is 1. The zero-order valence-corrected chi connectivity index (χ0v) is 11.4. The Morgan fingerprint density at radius 3 is 2.95 bits per heavy atom. The highest BCUT2D eigenvalue weighted by Crippen LogP contribution is 2.27. The molecule has 0 fully saturated rings. The molecule has 1 aromatic carbocycles. The molecule has 2 heterocycles.